The number of rotatable bonds is 10. The molecule has 3 heterocycles. The van der Waals surface area contributed by atoms with Crippen molar-refractivity contribution in [1.82, 2.24) is 14.4 Å². The summed E-state index contributed by atoms with van der Waals surface area (Å²) in [6, 6.07) is 7.85. The molecule has 0 amide bonds. The van der Waals surface area contributed by atoms with Crippen molar-refractivity contribution in [1.29, 1.82) is 5.26 Å². The zero-order valence-electron chi connectivity index (χ0n) is 20.6. The fraction of sp³-hybridized carbons (Fsp3) is 0.296. The van der Waals surface area contributed by atoms with Gasteiger partial charge in [-0.3, -0.25) is 4.40 Å². The van der Waals surface area contributed by atoms with Crippen LogP contribution in [0.5, 0.6) is 5.75 Å². The van der Waals surface area contributed by atoms with Crippen LogP contribution in [0.1, 0.15) is 24.6 Å². The minimum absolute atomic E-state index is 0.169. The molecule has 8 nitrogen and oxygen atoms in total. The number of nitriles is 1. The van der Waals surface area contributed by atoms with Gasteiger partial charge in [0, 0.05) is 43.0 Å². The summed E-state index contributed by atoms with van der Waals surface area (Å²) < 4.78 is 32.7. The minimum Gasteiger partial charge on any atom is -0.498 e. The van der Waals surface area contributed by atoms with Crippen LogP contribution >= 0.6 is 0 Å². The monoisotopic (exact) mass is 489 g/mol. The van der Waals surface area contributed by atoms with Gasteiger partial charge in [-0.1, -0.05) is 12.6 Å². The first kappa shape index (κ1) is 24.9. The molecule has 0 bridgehead atoms. The number of ether oxygens (including phenoxy) is 3. The van der Waals surface area contributed by atoms with Crippen molar-refractivity contribution in [2.24, 2.45) is 0 Å². The van der Waals surface area contributed by atoms with Crippen molar-refractivity contribution in [2.75, 3.05) is 38.8 Å². The van der Waals surface area contributed by atoms with E-state index in [1.54, 1.807) is 23.9 Å². The summed E-state index contributed by atoms with van der Waals surface area (Å²) in [5, 5.41) is 12.7. The summed E-state index contributed by atoms with van der Waals surface area (Å²) in [5.41, 5.74) is 4.75. The lowest BCUT2D eigenvalue weighted by Crippen LogP contribution is -2.12. The number of halogens is 1. The summed E-state index contributed by atoms with van der Waals surface area (Å²) in [6.45, 7) is 9.03. The highest BCUT2D eigenvalue weighted by Crippen LogP contribution is 2.32. The molecule has 1 aliphatic heterocycles. The maximum absolute atomic E-state index is 14.7. The molecule has 1 aliphatic rings. The van der Waals surface area contributed by atoms with Crippen LogP contribution in [-0.4, -0.2) is 47.8 Å². The van der Waals surface area contributed by atoms with E-state index in [1.165, 1.54) is 6.08 Å². The number of hydrogen-bond donors (Lipinski definition) is 1. The van der Waals surface area contributed by atoms with Gasteiger partial charge in [0.1, 0.15) is 24.3 Å². The van der Waals surface area contributed by atoms with Gasteiger partial charge in [-0.2, -0.15) is 5.26 Å². The fourth-order valence-electron chi connectivity index (χ4n) is 4.18. The number of hydrogen-bond acceptors (Lipinski definition) is 7. The van der Waals surface area contributed by atoms with E-state index in [2.05, 4.69) is 27.9 Å². The quantitative estimate of drug-likeness (QED) is 0.312. The zero-order valence-corrected chi connectivity index (χ0v) is 20.6. The molecule has 1 N–H and O–H groups in total. The van der Waals surface area contributed by atoms with Crippen LogP contribution in [0.25, 0.3) is 16.8 Å². The Kier molecular flexibility index (Phi) is 7.66. The number of aromatic nitrogens is 3. The zero-order chi connectivity index (χ0) is 25.7. The Balaban J connectivity index is 1.68. The smallest absolute Gasteiger partial charge is 0.208 e. The van der Waals surface area contributed by atoms with Crippen LogP contribution in [0, 0.1) is 18.3 Å². The number of aryl methyl sites for hydroxylation is 1. The predicted molar refractivity (Wildman–Crippen MR) is 135 cm³/mol. The molecule has 0 atom stereocenters. The van der Waals surface area contributed by atoms with E-state index in [0.29, 0.717) is 49.2 Å². The van der Waals surface area contributed by atoms with Crippen molar-refractivity contribution in [3.63, 3.8) is 0 Å². The Morgan fingerprint density at radius 3 is 2.83 bits per heavy atom. The van der Waals surface area contributed by atoms with Gasteiger partial charge in [0.05, 0.1) is 25.2 Å². The molecule has 0 aliphatic carbocycles. The molecule has 1 aromatic carbocycles. The molecule has 0 saturated heterocycles. The number of methoxy groups -OCH3 is 1. The molecule has 4 rings (SSSR count). The van der Waals surface area contributed by atoms with Crippen molar-refractivity contribution in [3.05, 3.63) is 77.2 Å². The van der Waals surface area contributed by atoms with Gasteiger partial charge in [0.2, 0.25) is 5.95 Å². The molecular weight excluding hydrogens is 461 g/mol. The fourth-order valence-corrected chi connectivity index (χ4v) is 4.18. The molecule has 36 heavy (non-hydrogen) atoms. The van der Waals surface area contributed by atoms with E-state index >= 15 is 0 Å². The molecule has 0 fully saturated rings. The van der Waals surface area contributed by atoms with Gasteiger partial charge in [0.25, 0.3) is 0 Å². The SMILES string of the molecule is C=C/C(F)=C(/CNc1ncc(-c2ccc(OCCOC)cc2C)c2nc(C#N)cn12)C1=C(C)OCC1. The van der Waals surface area contributed by atoms with Crippen LogP contribution < -0.4 is 10.1 Å². The summed E-state index contributed by atoms with van der Waals surface area (Å²) >= 11 is 0. The second-order valence-electron chi connectivity index (χ2n) is 8.26. The van der Waals surface area contributed by atoms with E-state index in [-0.39, 0.29) is 12.2 Å². The Morgan fingerprint density at radius 2 is 2.17 bits per heavy atom. The van der Waals surface area contributed by atoms with E-state index in [4.69, 9.17) is 14.2 Å². The maximum atomic E-state index is 14.7. The molecule has 9 heteroatoms. The van der Waals surface area contributed by atoms with Crippen molar-refractivity contribution in [2.45, 2.75) is 20.3 Å². The molecule has 0 saturated carbocycles. The van der Waals surface area contributed by atoms with Gasteiger partial charge >= 0.3 is 0 Å². The molecule has 0 unspecified atom stereocenters. The first-order chi connectivity index (χ1) is 17.5. The molecule has 3 aromatic rings. The summed E-state index contributed by atoms with van der Waals surface area (Å²) in [7, 11) is 1.63. The van der Waals surface area contributed by atoms with Crippen LogP contribution in [0.15, 0.2) is 66.0 Å². The lowest BCUT2D eigenvalue weighted by Gasteiger charge is -2.15. The minimum atomic E-state index is -0.415. The summed E-state index contributed by atoms with van der Waals surface area (Å²) in [6.07, 6.45) is 5.14. The number of anilines is 1. The Bertz CT molecular complexity index is 1400. The standard InChI is InChI=1S/C27H28FN5O3/c1-5-25(28)23(22-8-9-35-18(22)3)14-30-27-31-15-24(26-32-19(13-29)16-33(26)27)21-7-6-20(12-17(21)2)36-11-10-34-4/h5-7,12,15-16H,1,8-11,14H2,2-4H3,(H,30,31)/b25-23+. The topological polar surface area (TPSA) is 93.7 Å². The van der Waals surface area contributed by atoms with E-state index in [1.807, 2.05) is 32.0 Å². The number of imidazole rings is 1. The molecule has 2 aromatic heterocycles. The third kappa shape index (κ3) is 5.09. The first-order valence-electron chi connectivity index (χ1n) is 11.6. The average Bonchev–Trinajstić information content (AvgIpc) is 3.51. The first-order valence-corrected chi connectivity index (χ1v) is 11.6. The Hall–Kier alpha value is -4.16. The summed E-state index contributed by atoms with van der Waals surface area (Å²) in [4.78, 5) is 9.10. The lowest BCUT2D eigenvalue weighted by atomic mass is 10.0. The number of nitrogens with zero attached hydrogens (tertiary/aromatic N) is 4. The van der Waals surface area contributed by atoms with Gasteiger partial charge in [-0.05, 0) is 43.2 Å². The number of benzene rings is 1. The van der Waals surface area contributed by atoms with Crippen LogP contribution in [0.4, 0.5) is 10.3 Å². The lowest BCUT2D eigenvalue weighted by molar-refractivity contribution is 0.146. The van der Waals surface area contributed by atoms with E-state index < -0.39 is 5.83 Å². The van der Waals surface area contributed by atoms with Gasteiger partial charge in [-0.25, -0.2) is 14.4 Å². The van der Waals surface area contributed by atoms with Crippen LogP contribution in [-0.2, 0) is 9.47 Å². The average molecular weight is 490 g/mol. The molecular formula is C27H28FN5O3. The second kappa shape index (κ2) is 11.1. The number of nitrogens with one attached hydrogen (secondary N) is 1. The highest BCUT2D eigenvalue weighted by molar-refractivity contribution is 5.81. The van der Waals surface area contributed by atoms with Crippen molar-refractivity contribution in [3.8, 4) is 22.9 Å². The van der Waals surface area contributed by atoms with Gasteiger partial charge < -0.3 is 19.5 Å². The van der Waals surface area contributed by atoms with Gasteiger partial charge in [0.15, 0.2) is 11.3 Å². The predicted octanol–water partition coefficient (Wildman–Crippen LogP) is 5.12. The largest absolute Gasteiger partial charge is 0.498 e. The van der Waals surface area contributed by atoms with E-state index in [9.17, 15) is 9.65 Å². The highest BCUT2D eigenvalue weighted by Gasteiger charge is 2.21. The normalized spacial score (nSPS) is 13.9. The Labute approximate surface area is 209 Å². The second-order valence-corrected chi connectivity index (χ2v) is 8.26. The van der Waals surface area contributed by atoms with Crippen LogP contribution in [0.2, 0.25) is 0 Å². The van der Waals surface area contributed by atoms with Crippen molar-refractivity contribution < 1.29 is 18.6 Å². The molecule has 186 valence electrons. The third-order valence-electron chi connectivity index (χ3n) is 6.00. The molecule has 0 radical (unpaired) electrons. The number of fused-ring (bicyclic) bond motifs is 1. The Morgan fingerprint density at radius 1 is 1.33 bits per heavy atom. The highest BCUT2D eigenvalue weighted by atomic mass is 19.1. The van der Waals surface area contributed by atoms with Crippen molar-refractivity contribution >= 4 is 11.6 Å². The maximum Gasteiger partial charge on any atom is 0.208 e. The summed E-state index contributed by atoms with van der Waals surface area (Å²) in [5.74, 6) is 1.46. The van der Waals surface area contributed by atoms with E-state index in [0.717, 1.165) is 28.0 Å². The number of allylic oxidation sites excluding steroid dienone is 3. The third-order valence-corrected chi connectivity index (χ3v) is 6.00. The van der Waals surface area contributed by atoms with Crippen LogP contribution in [0.3, 0.4) is 0 Å². The molecule has 0 spiro atoms. The van der Waals surface area contributed by atoms with Gasteiger partial charge in [-0.15, -0.1) is 0 Å².